The summed E-state index contributed by atoms with van der Waals surface area (Å²) in [5, 5.41) is 5.71. The largest absolute Gasteiger partial charge is 0.459 e. The molecule has 0 aliphatic heterocycles. The van der Waals surface area contributed by atoms with Crippen LogP contribution < -0.4 is 16.4 Å². The zero-order valence-electron chi connectivity index (χ0n) is 15.1. The highest BCUT2D eigenvalue weighted by Crippen LogP contribution is 2.25. The second kappa shape index (κ2) is 9.99. The summed E-state index contributed by atoms with van der Waals surface area (Å²) in [6.45, 7) is 4.72. The van der Waals surface area contributed by atoms with Crippen LogP contribution in [0.5, 0.6) is 0 Å². The van der Waals surface area contributed by atoms with E-state index < -0.39 is 5.41 Å². The highest BCUT2D eigenvalue weighted by Gasteiger charge is 2.32. The van der Waals surface area contributed by atoms with E-state index in [0.29, 0.717) is 31.6 Å². The van der Waals surface area contributed by atoms with E-state index in [1.54, 1.807) is 24.3 Å². The minimum Gasteiger partial charge on any atom is -0.459 e. The van der Waals surface area contributed by atoms with Crippen LogP contribution in [0.4, 0.5) is 5.69 Å². The number of carbonyl (C=O) groups is 2. The molecular weight excluding hydrogens is 354 g/mol. The van der Waals surface area contributed by atoms with Gasteiger partial charge in [0.2, 0.25) is 5.91 Å². The highest BCUT2D eigenvalue weighted by molar-refractivity contribution is 6.02. The molecular formula is C19H26ClN3O3. The minimum absolute atomic E-state index is 0. The summed E-state index contributed by atoms with van der Waals surface area (Å²) < 4.78 is 5.05. The summed E-state index contributed by atoms with van der Waals surface area (Å²) >= 11 is 0. The lowest BCUT2D eigenvalue weighted by atomic mass is 9.81. The van der Waals surface area contributed by atoms with Gasteiger partial charge in [0.05, 0.1) is 11.7 Å². The Balaban J connectivity index is 0.00000338. The predicted molar refractivity (Wildman–Crippen MR) is 104 cm³/mol. The Kier molecular flexibility index (Phi) is 8.35. The molecule has 1 heterocycles. The van der Waals surface area contributed by atoms with Crippen molar-refractivity contribution in [1.29, 1.82) is 0 Å². The number of carbonyl (C=O) groups excluding carboxylic acids is 2. The fraction of sp³-hybridized carbons (Fsp3) is 0.368. The Hall–Kier alpha value is -2.31. The van der Waals surface area contributed by atoms with Crippen LogP contribution in [0.25, 0.3) is 0 Å². The van der Waals surface area contributed by atoms with Gasteiger partial charge in [-0.2, -0.15) is 0 Å². The molecule has 0 radical (unpaired) electrons. The van der Waals surface area contributed by atoms with Gasteiger partial charge in [0.1, 0.15) is 0 Å². The molecule has 0 fully saturated rings. The maximum absolute atomic E-state index is 12.4. The second-order valence-corrected chi connectivity index (χ2v) is 6.00. The normalized spacial score (nSPS) is 10.7. The van der Waals surface area contributed by atoms with Crippen LogP contribution in [0.3, 0.4) is 0 Å². The number of nitrogens with one attached hydrogen (secondary N) is 2. The first-order valence-corrected chi connectivity index (χ1v) is 8.47. The SMILES string of the molecule is CCC(CC)(CN)C(=O)NCc1ccc(NC(=O)c2ccco2)cc1.Cl. The third-order valence-corrected chi connectivity index (χ3v) is 4.64. The molecule has 26 heavy (non-hydrogen) atoms. The average molecular weight is 380 g/mol. The maximum atomic E-state index is 12.4. The fourth-order valence-electron chi connectivity index (χ4n) is 2.63. The smallest absolute Gasteiger partial charge is 0.291 e. The summed E-state index contributed by atoms with van der Waals surface area (Å²) in [6, 6.07) is 10.6. The van der Waals surface area contributed by atoms with Crippen LogP contribution >= 0.6 is 12.4 Å². The van der Waals surface area contributed by atoms with Crippen LogP contribution in [0.1, 0.15) is 42.8 Å². The number of hydrogen-bond donors (Lipinski definition) is 3. The summed E-state index contributed by atoms with van der Waals surface area (Å²) in [6.07, 6.45) is 2.88. The number of benzene rings is 1. The Labute approximate surface area is 159 Å². The Morgan fingerprint density at radius 1 is 1.12 bits per heavy atom. The topological polar surface area (TPSA) is 97.4 Å². The number of amides is 2. The van der Waals surface area contributed by atoms with Crippen LogP contribution in [0.2, 0.25) is 0 Å². The van der Waals surface area contributed by atoms with Crippen molar-refractivity contribution in [3.05, 3.63) is 54.0 Å². The monoisotopic (exact) mass is 379 g/mol. The predicted octanol–water partition coefficient (Wildman–Crippen LogP) is 3.34. The third kappa shape index (κ3) is 5.09. The van der Waals surface area contributed by atoms with E-state index in [1.807, 2.05) is 26.0 Å². The summed E-state index contributed by atoms with van der Waals surface area (Å²) in [5.41, 5.74) is 6.90. The molecule has 0 unspecified atom stereocenters. The van der Waals surface area contributed by atoms with Crippen molar-refractivity contribution in [2.75, 3.05) is 11.9 Å². The van der Waals surface area contributed by atoms with E-state index in [4.69, 9.17) is 10.2 Å². The number of furan rings is 1. The molecule has 1 aromatic carbocycles. The van der Waals surface area contributed by atoms with Gasteiger partial charge >= 0.3 is 0 Å². The van der Waals surface area contributed by atoms with Crippen molar-refractivity contribution in [2.45, 2.75) is 33.2 Å². The first-order chi connectivity index (χ1) is 12.0. The van der Waals surface area contributed by atoms with Gasteiger partial charge in [0.25, 0.3) is 5.91 Å². The number of halogens is 1. The molecule has 0 aliphatic rings. The molecule has 2 aromatic rings. The van der Waals surface area contributed by atoms with Gasteiger partial charge in [0, 0.05) is 18.8 Å². The number of nitrogens with two attached hydrogens (primary N) is 1. The highest BCUT2D eigenvalue weighted by atomic mass is 35.5. The Bertz CT molecular complexity index is 687. The van der Waals surface area contributed by atoms with E-state index in [-0.39, 0.29) is 30.0 Å². The number of hydrogen-bond acceptors (Lipinski definition) is 4. The van der Waals surface area contributed by atoms with E-state index in [9.17, 15) is 9.59 Å². The quantitative estimate of drug-likeness (QED) is 0.655. The molecule has 7 heteroatoms. The van der Waals surface area contributed by atoms with Crippen molar-refractivity contribution in [2.24, 2.45) is 11.1 Å². The van der Waals surface area contributed by atoms with Gasteiger partial charge in [0.15, 0.2) is 5.76 Å². The van der Waals surface area contributed by atoms with Crippen LogP contribution in [0, 0.1) is 5.41 Å². The van der Waals surface area contributed by atoms with Crippen LogP contribution in [0.15, 0.2) is 47.1 Å². The molecule has 2 rings (SSSR count). The molecule has 0 saturated heterocycles. The fourth-order valence-corrected chi connectivity index (χ4v) is 2.63. The van der Waals surface area contributed by atoms with Crippen molar-refractivity contribution in [1.82, 2.24) is 5.32 Å². The number of anilines is 1. The zero-order valence-corrected chi connectivity index (χ0v) is 15.9. The summed E-state index contributed by atoms with van der Waals surface area (Å²) in [5.74, 6) is -0.0616. The summed E-state index contributed by atoms with van der Waals surface area (Å²) in [4.78, 5) is 24.3. The third-order valence-electron chi connectivity index (χ3n) is 4.64. The van der Waals surface area contributed by atoms with Crippen molar-refractivity contribution in [3.63, 3.8) is 0 Å². The Morgan fingerprint density at radius 2 is 1.77 bits per heavy atom. The van der Waals surface area contributed by atoms with Crippen molar-refractivity contribution < 1.29 is 14.0 Å². The minimum atomic E-state index is -0.503. The van der Waals surface area contributed by atoms with Crippen LogP contribution in [-0.2, 0) is 11.3 Å². The van der Waals surface area contributed by atoms with E-state index in [2.05, 4.69) is 10.6 Å². The second-order valence-electron chi connectivity index (χ2n) is 6.00. The average Bonchev–Trinajstić information content (AvgIpc) is 3.18. The molecule has 6 nitrogen and oxygen atoms in total. The molecule has 0 bridgehead atoms. The van der Waals surface area contributed by atoms with Crippen molar-refractivity contribution >= 4 is 29.9 Å². The molecule has 4 N–H and O–H groups in total. The van der Waals surface area contributed by atoms with Gasteiger partial charge in [-0.05, 0) is 42.7 Å². The van der Waals surface area contributed by atoms with E-state index in [1.165, 1.54) is 6.26 Å². The molecule has 0 aliphatic carbocycles. The molecule has 2 amide bonds. The van der Waals surface area contributed by atoms with Gasteiger partial charge < -0.3 is 20.8 Å². The lowest BCUT2D eigenvalue weighted by molar-refractivity contribution is -0.131. The number of rotatable bonds is 8. The lowest BCUT2D eigenvalue weighted by Gasteiger charge is -2.28. The van der Waals surface area contributed by atoms with Gasteiger partial charge in [-0.3, -0.25) is 9.59 Å². The van der Waals surface area contributed by atoms with E-state index in [0.717, 1.165) is 5.56 Å². The lowest BCUT2D eigenvalue weighted by Crippen LogP contribution is -2.45. The summed E-state index contributed by atoms with van der Waals surface area (Å²) in [7, 11) is 0. The molecule has 0 saturated carbocycles. The first-order valence-electron chi connectivity index (χ1n) is 8.47. The maximum Gasteiger partial charge on any atom is 0.291 e. The first kappa shape index (κ1) is 21.7. The van der Waals surface area contributed by atoms with Crippen molar-refractivity contribution in [3.8, 4) is 0 Å². The molecule has 1 aromatic heterocycles. The standard InChI is InChI=1S/C19H25N3O3.ClH/c1-3-19(4-2,13-20)18(24)21-12-14-7-9-15(10-8-14)22-17(23)16-6-5-11-25-16;/h5-11H,3-4,12-13,20H2,1-2H3,(H,21,24)(H,22,23);1H. The molecule has 142 valence electrons. The van der Waals surface area contributed by atoms with Gasteiger partial charge in [-0.25, -0.2) is 0 Å². The van der Waals surface area contributed by atoms with E-state index >= 15 is 0 Å². The van der Waals surface area contributed by atoms with Crippen LogP contribution in [-0.4, -0.2) is 18.4 Å². The molecule has 0 spiro atoms. The zero-order chi connectivity index (χ0) is 18.3. The van der Waals surface area contributed by atoms with Gasteiger partial charge in [-0.1, -0.05) is 26.0 Å². The molecule has 0 atom stereocenters. The Morgan fingerprint density at radius 3 is 2.27 bits per heavy atom. The van der Waals surface area contributed by atoms with Gasteiger partial charge in [-0.15, -0.1) is 12.4 Å².